The summed E-state index contributed by atoms with van der Waals surface area (Å²) in [6.07, 6.45) is 0.537. The number of hydrogen-bond donors (Lipinski definition) is 2. The van der Waals surface area contributed by atoms with E-state index in [-0.39, 0.29) is 0 Å². The normalized spacial score (nSPS) is 15.6. The minimum absolute atomic E-state index is 0.524. The minimum atomic E-state index is -0.903. The number of hydrogen-bond acceptors (Lipinski definition) is 4. The standard InChI is InChI=1S/C7H15NO3/c1-3-4-5(9)6(8)7(10)11-2/h5-6,9H,3-4,8H2,1-2H3. The average molecular weight is 161 g/mol. The molecule has 0 heterocycles. The molecule has 4 nitrogen and oxygen atoms in total. The van der Waals surface area contributed by atoms with Gasteiger partial charge in [0.15, 0.2) is 0 Å². The van der Waals surface area contributed by atoms with Crippen molar-refractivity contribution in [2.24, 2.45) is 5.73 Å². The summed E-state index contributed by atoms with van der Waals surface area (Å²) in [6, 6.07) is -0.903. The highest BCUT2D eigenvalue weighted by atomic mass is 16.5. The number of aliphatic hydroxyl groups excluding tert-OH is 1. The number of esters is 1. The summed E-state index contributed by atoms with van der Waals surface area (Å²) >= 11 is 0. The van der Waals surface area contributed by atoms with Crippen LogP contribution >= 0.6 is 0 Å². The van der Waals surface area contributed by atoms with Crippen molar-refractivity contribution in [3.05, 3.63) is 0 Å². The lowest BCUT2D eigenvalue weighted by atomic mass is 10.1. The van der Waals surface area contributed by atoms with Crippen LogP contribution in [0.15, 0.2) is 0 Å². The van der Waals surface area contributed by atoms with E-state index in [1.807, 2.05) is 6.92 Å². The molecule has 0 saturated heterocycles. The van der Waals surface area contributed by atoms with Crippen molar-refractivity contribution in [3.8, 4) is 0 Å². The Bertz CT molecular complexity index is 127. The van der Waals surface area contributed by atoms with E-state index in [9.17, 15) is 9.90 Å². The van der Waals surface area contributed by atoms with Gasteiger partial charge in [0.2, 0.25) is 0 Å². The summed E-state index contributed by atoms with van der Waals surface area (Å²) in [7, 11) is 1.25. The fourth-order valence-corrected chi connectivity index (χ4v) is 0.768. The topological polar surface area (TPSA) is 72.5 Å². The number of ether oxygens (including phenoxy) is 1. The summed E-state index contributed by atoms with van der Waals surface area (Å²) in [5.41, 5.74) is 5.33. The number of aliphatic hydroxyl groups is 1. The fourth-order valence-electron chi connectivity index (χ4n) is 0.768. The zero-order valence-electron chi connectivity index (χ0n) is 6.91. The van der Waals surface area contributed by atoms with Gasteiger partial charge >= 0.3 is 5.97 Å². The zero-order chi connectivity index (χ0) is 8.85. The van der Waals surface area contributed by atoms with Crippen molar-refractivity contribution >= 4 is 5.97 Å². The molecule has 0 aromatic rings. The lowest BCUT2D eigenvalue weighted by molar-refractivity contribution is -0.144. The maximum absolute atomic E-state index is 10.7. The van der Waals surface area contributed by atoms with E-state index in [1.165, 1.54) is 7.11 Å². The van der Waals surface area contributed by atoms with Crippen molar-refractivity contribution in [1.82, 2.24) is 0 Å². The van der Waals surface area contributed by atoms with Crippen LogP contribution in [-0.2, 0) is 9.53 Å². The summed E-state index contributed by atoms with van der Waals surface area (Å²) in [5.74, 6) is -0.564. The van der Waals surface area contributed by atoms with Gasteiger partial charge in [-0.25, -0.2) is 0 Å². The lowest BCUT2D eigenvalue weighted by Gasteiger charge is -2.14. The fraction of sp³-hybridized carbons (Fsp3) is 0.857. The van der Waals surface area contributed by atoms with E-state index in [0.717, 1.165) is 6.42 Å². The molecule has 2 unspecified atom stereocenters. The van der Waals surface area contributed by atoms with Gasteiger partial charge in [-0.05, 0) is 6.42 Å². The predicted molar refractivity (Wildman–Crippen MR) is 40.9 cm³/mol. The monoisotopic (exact) mass is 161 g/mol. The molecule has 0 spiro atoms. The van der Waals surface area contributed by atoms with E-state index in [4.69, 9.17) is 5.73 Å². The summed E-state index contributed by atoms with van der Waals surface area (Å²) in [5, 5.41) is 9.19. The minimum Gasteiger partial charge on any atom is -0.468 e. The van der Waals surface area contributed by atoms with E-state index in [1.54, 1.807) is 0 Å². The molecule has 0 aliphatic carbocycles. The van der Waals surface area contributed by atoms with Gasteiger partial charge in [0.1, 0.15) is 6.04 Å². The van der Waals surface area contributed by atoms with Crippen LogP contribution in [0.2, 0.25) is 0 Å². The number of nitrogens with two attached hydrogens (primary N) is 1. The molecule has 11 heavy (non-hydrogen) atoms. The van der Waals surface area contributed by atoms with Crippen LogP contribution in [0.1, 0.15) is 19.8 Å². The quantitative estimate of drug-likeness (QED) is 0.553. The molecule has 0 aromatic heterocycles. The van der Waals surface area contributed by atoms with Crippen molar-refractivity contribution in [2.45, 2.75) is 31.9 Å². The Morgan fingerprint density at radius 3 is 2.64 bits per heavy atom. The van der Waals surface area contributed by atoms with Crippen molar-refractivity contribution in [3.63, 3.8) is 0 Å². The number of carbonyl (C=O) groups excluding carboxylic acids is 1. The highest BCUT2D eigenvalue weighted by Gasteiger charge is 2.21. The molecule has 0 aromatic carbocycles. The second kappa shape index (κ2) is 5.09. The van der Waals surface area contributed by atoms with Gasteiger partial charge in [-0.2, -0.15) is 0 Å². The van der Waals surface area contributed by atoms with Crippen molar-refractivity contribution < 1.29 is 14.6 Å². The molecule has 0 bridgehead atoms. The first-order chi connectivity index (χ1) is 5.13. The number of rotatable bonds is 4. The van der Waals surface area contributed by atoms with Crippen LogP contribution < -0.4 is 5.73 Å². The van der Waals surface area contributed by atoms with Crippen LogP contribution in [0, 0.1) is 0 Å². The largest absolute Gasteiger partial charge is 0.468 e. The molecule has 0 aliphatic rings. The van der Waals surface area contributed by atoms with Crippen LogP contribution in [0.5, 0.6) is 0 Å². The summed E-state index contributed by atoms with van der Waals surface area (Å²) in [4.78, 5) is 10.7. The van der Waals surface area contributed by atoms with Gasteiger partial charge in [-0.15, -0.1) is 0 Å². The highest BCUT2D eigenvalue weighted by molar-refractivity contribution is 5.75. The van der Waals surface area contributed by atoms with Crippen LogP contribution in [0.4, 0.5) is 0 Å². The van der Waals surface area contributed by atoms with Crippen molar-refractivity contribution in [2.75, 3.05) is 7.11 Å². The van der Waals surface area contributed by atoms with E-state index < -0.39 is 18.1 Å². The molecule has 0 saturated carbocycles. The Kier molecular flexibility index (Phi) is 4.81. The summed E-state index contributed by atoms with van der Waals surface area (Å²) in [6.45, 7) is 1.91. The molecular formula is C7H15NO3. The molecule has 0 radical (unpaired) electrons. The number of carbonyl (C=O) groups is 1. The van der Waals surface area contributed by atoms with E-state index in [0.29, 0.717) is 6.42 Å². The Morgan fingerprint density at radius 2 is 2.27 bits per heavy atom. The second-order valence-corrected chi connectivity index (χ2v) is 2.40. The Balaban J connectivity index is 3.80. The number of methoxy groups -OCH3 is 1. The molecular weight excluding hydrogens is 146 g/mol. The Labute approximate surface area is 66.3 Å². The van der Waals surface area contributed by atoms with Gasteiger partial charge in [0.05, 0.1) is 13.2 Å². The average Bonchev–Trinajstić information content (AvgIpc) is 2.02. The van der Waals surface area contributed by atoms with E-state index in [2.05, 4.69) is 4.74 Å². The molecule has 3 N–H and O–H groups in total. The molecule has 0 fully saturated rings. The molecule has 4 heteroatoms. The van der Waals surface area contributed by atoms with Crippen LogP contribution in [0.25, 0.3) is 0 Å². The second-order valence-electron chi connectivity index (χ2n) is 2.40. The third-order valence-electron chi connectivity index (χ3n) is 1.47. The van der Waals surface area contributed by atoms with Gasteiger partial charge in [0, 0.05) is 0 Å². The van der Waals surface area contributed by atoms with Gasteiger partial charge in [-0.3, -0.25) is 4.79 Å². The first kappa shape index (κ1) is 10.4. The lowest BCUT2D eigenvalue weighted by Crippen LogP contribution is -2.42. The predicted octanol–water partition coefficient (Wildman–Crippen LogP) is -0.352. The third-order valence-corrected chi connectivity index (χ3v) is 1.47. The molecule has 0 rings (SSSR count). The summed E-state index contributed by atoms with van der Waals surface area (Å²) < 4.78 is 4.36. The molecule has 2 atom stereocenters. The van der Waals surface area contributed by atoms with E-state index >= 15 is 0 Å². The zero-order valence-corrected chi connectivity index (χ0v) is 6.91. The Morgan fingerprint density at radius 1 is 1.73 bits per heavy atom. The van der Waals surface area contributed by atoms with Crippen molar-refractivity contribution in [1.29, 1.82) is 0 Å². The maximum Gasteiger partial charge on any atom is 0.325 e. The SMILES string of the molecule is CCCC(O)C(N)C(=O)OC. The third kappa shape index (κ3) is 3.34. The smallest absolute Gasteiger partial charge is 0.325 e. The van der Waals surface area contributed by atoms with Crippen LogP contribution in [0.3, 0.4) is 0 Å². The highest BCUT2D eigenvalue weighted by Crippen LogP contribution is 2.00. The first-order valence-electron chi connectivity index (χ1n) is 3.65. The Hall–Kier alpha value is -0.610. The van der Waals surface area contributed by atoms with Gasteiger partial charge in [0.25, 0.3) is 0 Å². The van der Waals surface area contributed by atoms with Gasteiger partial charge in [-0.1, -0.05) is 13.3 Å². The molecule has 0 aliphatic heterocycles. The molecule has 66 valence electrons. The van der Waals surface area contributed by atoms with Gasteiger partial charge < -0.3 is 15.6 Å². The first-order valence-corrected chi connectivity index (χ1v) is 3.65. The maximum atomic E-state index is 10.7. The van der Waals surface area contributed by atoms with Crippen LogP contribution in [-0.4, -0.2) is 30.3 Å². The molecule has 0 amide bonds.